The Bertz CT molecular complexity index is 1150. The molecule has 3 aromatic carbocycles. The Balaban J connectivity index is 1.92. The third-order valence-electron chi connectivity index (χ3n) is 5.78. The van der Waals surface area contributed by atoms with Crippen molar-refractivity contribution >= 4 is 35.0 Å². The lowest BCUT2D eigenvalue weighted by atomic mass is 10.0. The number of aryl methyl sites for hydroxylation is 1. The molecular formula is C27H28Cl2N2O3. The minimum Gasteiger partial charge on any atom is -0.483 e. The van der Waals surface area contributed by atoms with E-state index in [1.807, 2.05) is 62.4 Å². The number of hydrogen-bond acceptors (Lipinski definition) is 3. The van der Waals surface area contributed by atoms with E-state index in [1.54, 1.807) is 25.2 Å². The number of benzene rings is 3. The predicted octanol–water partition coefficient (Wildman–Crippen LogP) is 5.38. The van der Waals surface area contributed by atoms with Crippen LogP contribution in [0.4, 0.5) is 0 Å². The number of likely N-dealkylation sites (N-methyl/N-ethyl adjacent to an activating group) is 1. The minimum absolute atomic E-state index is 0.135. The number of carbonyl (C=O) groups is 2. The molecule has 0 fully saturated rings. The Kier molecular flexibility index (Phi) is 8.97. The summed E-state index contributed by atoms with van der Waals surface area (Å²) in [6.45, 7) is 3.86. The summed E-state index contributed by atoms with van der Waals surface area (Å²) in [6, 6.07) is 19.6. The van der Waals surface area contributed by atoms with Crippen molar-refractivity contribution in [3.05, 3.63) is 99.0 Å². The fourth-order valence-corrected chi connectivity index (χ4v) is 4.13. The molecule has 0 saturated heterocycles. The molecule has 34 heavy (non-hydrogen) atoms. The van der Waals surface area contributed by atoms with Crippen LogP contribution in [0.15, 0.2) is 66.7 Å². The zero-order chi connectivity index (χ0) is 24.7. The summed E-state index contributed by atoms with van der Waals surface area (Å²) in [5, 5.41) is 3.62. The van der Waals surface area contributed by atoms with Crippen molar-refractivity contribution in [2.24, 2.45) is 0 Å². The monoisotopic (exact) mass is 498 g/mol. The lowest BCUT2D eigenvalue weighted by Crippen LogP contribution is -2.51. The summed E-state index contributed by atoms with van der Waals surface area (Å²) < 4.78 is 5.88. The van der Waals surface area contributed by atoms with E-state index in [2.05, 4.69) is 5.32 Å². The van der Waals surface area contributed by atoms with Gasteiger partial charge in [0.25, 0.3) is 5.91 Å². The van der Waals surface area contributed by atoms with Gasteiger partial charge in [0.1, 0.15) is 11.8 Å². The molecule has 0 saturated carbocycles. The van der Waals surface area contributed by atoms with Gasteiger partial charge in [-0.3, -0.25) is 9.59 Å². The molecule has 178 valence electrons. The Labute approximate surface area is 210 Å². The van der Waals surface area contributed by atoms with Gasteiger partial charge in [0.05, 0.1) is 0 Å². The Hall–Kier alpha value is -3.02. The van der Waals surface area contributed by atoms with Crippen LogP contribution in [0, 0.1) is 13.8 Å². The van der Waals surface area contributed by atoms with E-state index in [4.69, 9.17) is 27.9 Å². The molecule has 0 radical (unpaired) electrons. The van der Waals surface area contributed by atoms with E-state index in [-0.39, 0.29) is 25.0 Å². The first kappa shape index (κ1) is 25.6. The third kappa shape index (κ3) is 6.52. The van der Waals surface area contributed by atoms with Gasteiger partial charge in [-0.05, 0) is 54.3 Å². The molecule has 0 aliphatic heterocycles. The molecule has 0 aliphatic rings. The van der Waals surface area contributed by atoms with Crippen LogP contribution in [-0.4, -0.2) is 36.4 Å². The standard InChI is InChI=1S/C27H28Cl2N2O3/c1-18-8-7-11-25(19(18)2)34-17-26(32)31(16-21-12-13-22(28)15-23(21)29)24(27(33)30-3)14-20-9-5-4-6-10-20/h4-13,15,24H,14,16-17H2,1-3H3,(H,30,33). The molecule has 2 amide bonds. The maximum Gasteiger partial charge on any atom is 0.261 e. The van der Waals surface area contributed by atoms with E-state index in [0.29, 0.717) is 27.8 Å². The summed E-state index contributed by atoms with van der Waals surface area (Å²) >= 11 is 12.5. The lowest BCUT2D eigenvalue weighted by molar-refractivity contribution is -0.142. The summed E-state index contributed by atoms with van der Waals surface area (Å²) in [6.07, 6.45) is 0.348. The highest BCUT2D eigenvalue weighted by Crippen LogP contribution is 2.25. The molecule has 1 atom stereocenters. The molecule has 0 aromatic heterocycles. The quantitative estimate of drug-likeness (QED) is 0.431. The SMILES string of the molecule is CNC(=O)C(Cc1ccccc1)N(Cc1ccc(Cl)cc1Cl)C(=O)COc1cccc(C)c1C. The number of nitrogens with one attached hydrogen (secondary N) is 1. The molecule has 1 N–H and O–H groups in total. The molecule has 0 spiro atoms. The topological polar surface area (TPSA) is 58.6 Å². The third-order valence-corrected chi connectivity index (χ3v) is 6.37. The predicted molar refractivity (Wildman–Crippen MR) is 136 cm³/mol. The lowest BCUT2D eigenvalue weighted by Gasteiger charge is -2.31. The number of rotatable bonds is 9. The number of nitrogens with zero attached hydrogens (tertiary/aromatic N) is 1. The van der Waals surface area contributed by atoms with Crippen LogP contribution >= 0.6 is 23.2 Å². The molecule has 3 rings (SSSR count). The minimum atomic E-state index is -0.756. The fraction of sp³-hybridized carbons (Fsp3) is 0.259. The highest BCUT2D eigenvalue weighted by molar-refractivity contribution is 6.35. The van der Waals surface area contributed by atoms with Gasteiger partial charge in [-0.25, -0.2) is 0 Å². The van der Waals surface area contributed by atoms with Gasteiger partial charge in [-0.1, -0.05) is 71.7 Å². The van der Waals surface area contributed by atoms with Gasteiger partial charge in [0, 0.05) is 30.1 Å². The van der Waals surface area contributed by atoms with Gasteiger partial charge in [0.15, 0.2) is 6.61 Å². The average Bonchev–Trinajstić information content (AvgIpc) is 2.83. The largest absolute Gasteiger partial charge is 0.483 e. The van der Waals surface area contributed by atoms with Crippen LogP contribution in [0.1, 0.15) is 22.3 Å². The van der Waals surface area contributed by atoms with Crippen molar-refractivity contribution in [3.63, 3.8) is 0 Å². The smallest absolute Gasteiger partial charge is 0.261 e. The molecule has 5 nitrogen and oxygen atoms in total. The Morgan fingerprint density at radius 1 is 1.00 bits per heavy atom. The highest BCUT2D eigenvalue weighted by atomic mass is 35.5. The molecule has 0 aliphatic carbocycles. The second-order valence-corrected chi connectivity index (χ2v) is 8.91. The Morgan fingerprint density at radius 3 is 2.41 bits per heavy atom. The van der Waals surface area contributed by atoms with Gasteiger partial charge >= 0.3 is 0 Å². The van der Waals surface area contributed by atoms with Gasteiger partial charge in [-0.15, -0.1) is 0 Å². The molecule has 3 aromatic rings. The number of hydrogen-bond donors (Lipinski definition) is 1. The molecule has 1 unspecified atom stereocenters. The van der Waals surface area contributed by atoms with Crippen molar-refractivity contribution < 1.29 is 14.3 Å². The number of carbonyl (C=O) groups excluding carboxylic acids is 2. The first-order chi connectivity index (χ1) is 16.3. The van der Waals surface area contributed by atoms with Crippen LogP contribution in [0.25, 0.3) is 0 Å². The number of amides is 2. The fourth-order valence-electron chi connectivity index (χ4n) is 3.66. The second-order valence-electron chi connectivity index (χ2n) is 8.06. The number of halogens is 2. The maximum absolute atomic E-state index is 13.5. The highest BCUT2D eigenvalue weighted by Gasteiger charge is 2.30. The first-order valence-corrected chi connectivity index (χ1v) is 11.7. The maximum atomic E-state index is 13.5. The van der Waals surface area contributed by atoms with Crippen LogP contribution in [0.5, 0.6) is 5.75 Å². The average molecular weight is 499 g/mol. The van der Waals surface area contributed by atoms with Crippen LogP contribution in [-0.2, 0) is 22.6 Å². The zero-order valence-electron chi connectivity index (χ0n) is 19.5. The van der Waals surface area contributed by atoms with Crippen LogP contribution in [0.3, 0.4) is 0 Å². The van der Waals surface area contributed by atoms with E-state index in [9.17, 15) is 9.59 Å². The zero-order valence-corrected chi connectivity index (χ0v) is 21.0. The van der Waals surface area contributed by atoms with E-state index < -0.39 is 6.04 Å². The molecule has 0 bridgehead atoms. The van der Waals surface area contributed by atoms with Gasteiger partial charge in [-0.2, -0.15) is 0 Å². The molecular weight excluding hydrogens is 471 g/mol. The van der Waals surface area contributed by atoms with E-state index in [0.717, 1.165) is 16.7 Å². The summed E-state index contributed by atoms with van der Waals surface area (Å²) in [7, 11) is 1.56. The normalized spacial score (nSPS) is 11.6. The van der Waals surface area contributed by atoms with Crippen molar-refractivity contribution in [1.29, 1.82) is 0 Å². The van der Waals surface area contributed by atoms with Gasteiger partial charge in [0.2, 0.25) is 5.91 Å². The summed E-state index contributed by atoms with van der Waals surface area (Å²) in [4.78, 5) is 28.0. The first-order valence-electron chi connectivity index (χ1n) is 11.0. The molecule has 0 heterocycles. The van der Waals surface area contributed by atoms with Crippen molar-refractivity contribution in [2.75, 3.05) is 13.7 Å². The van der Waals surface area contributed by atoms with Crippen molar-refractivity contribution in [2.45, 2.75) is 32.9 Å². The van der Waals surface area contributed by atoms with Gasteiger partial charge < -0.3 is 15.0 Å². The van der Waals surface area contributed by atoms with E-state index >= 15 is 0 Å². The van der Waals surface area contributed by atoms with Crippen LogP contribution < -0.4 is 10.1 Å². The summed E-state index contributed by atoms with van der Waals surface area (Å²) in [5.41, 5.74) is 3.66. The second kappa shape index (κ2) is 11.9. The van der Waals surface area contributed by atoms with Crippen LogP contribution in [0.2, 0.25) is 10.0 Å². The van der Waals surface area contributed by atoms with E-state index in [1.165, 1.54) is 4.90 Å². The van der Waals surface area contributed by atoms with Crippen molar-refractivity contribution in [1.82, 2.24) is 10.2 Å². The van der Waals surface area contributed by atoms with Crippen molar-refractivity contribution in [3.8, 4) is 5.75 Å². The Morgan fingerprint density at radius 2 is 1.74 bits per heavy atom. The molecule has 7 heteroatoms. The summed E-state index contributed by atoms with van der Waals surface area (Å²) in [5.74, 6) is 0.0443. The number of ether oxygens (including phenoxy) is 1.